The van der Waals surface area contributed by atoms with Gasteiger partial charge in [-0.05, 0) is 23.3 Å². The van der Waals surface area contributed by atoms with E-state index in [-0.39, 0.29) is 5.75 Å². The summed E-state index contributed by atoms with van der Waals surface area (Å²) in [6.45, 7) is -0.607. The van der Waals surface area contributed by atoms with Crippen molar-refractivity contribution in [1.82, 2.24) is 0 Å². The molecule has 0 aliphatic rings. The third-order valence-electron chi connectivity index (χ3n) is 2.82. The Morgan fingerprint density at radius 1 is 0.900 bits per heavy atom. The Morgan fingerprint density at radius 2 is 1.45 bits per heavy atom. The summed E-state index contributed by atoms with van der Waals surface area (Å²) < 4.78 is 42.5. The summed E-state index contributed by atoms with van der Waals surface area (Å²) in [5.41, 5.74) is 6.99. The second-order valence-electron chi connectivity index (χ2n) is 4.27. The molecular weight excluding hydrogens is 267 g/mol. The molecule has 0 radical (unpaired) electrons. The van der Waals surface area contributed by atoms with Gasteiger partial charge in [0.15, 0.2) is 0 Å². The molecule has 0 heterocycles. The first-order valence-corrected chi connectivity index (χ1v) is 6.09. The van der Waals surface area contributed by atoms with Crippen LogP contribution in [0.1, 0.15) is 0 Å². The van der Waals surface area contributed by atoms with Gasteiger partial charge in [0, 0.05) is 6.54 Å². The first-order valence-electron chi connectivity index (χ1n) is 6.09. The monoisotopic (exact) mass is 281 g/mol. The first kappa shape index (κ1) is 14.4. The topological polar surface area (TPSA) is 35.2 Å². The van der Waals surface area contributed by atoms with Crippen molar-refractivity contribution < 1.29 is 17.9 Å². The molecule has 5 heteroatoms. The predicted octanol–water partition coefficient (Wildman–Crippen LogP) is 3.62. The molecule has 2 aromatic carbocycles. The largest absolute Gasteiger partial charge is 0.480 e. The average Bonchev–Trinajstić information content (AvgIpc) is 2.45. The van der Waals surface area contributed by atoms with E-state index in [1.54, 1.807) is 12.1 Å². The zero-order valence-electron chi connectivity index (χ0n) is 10.6. The van der Waals surface area contributed by atoms with Crippen LogP contribution in [0.2, 0.25) is 0 Å². The van der Waals surface area contributed by atoms with Gasteiger partial charge in [-0.2, -0.15) is 13.2 Å². The van der Waals surface area contributed by atoms with Crippen LogP contribution in [0.3, 0.4) is 0 Å². The van der Waals surface area contributed by atoms with E-state index < -0.39 is 18.8 Å². The number of nitrogens with two attached hydrogens (primary N) is 1. The van der Waals surface area contributed by atoms with Gasteiger partial charge in [0.1, 0.15) is 5.75 Å². The Kier molecular flexibility index (Phi) is 4.29. The Balaban J connectivity index is 2.13. The van der Waals surface area contributed by atoms with Crippen LogP contribution in [0.25, 0.3) is 11.1 Å². The van der Waals surface area contributed by atoms with Gasteiger partial charge in [-0.1, -0.05) is 42.5 Å². The van der Waals surface area contributed by atoms with Gasteiger partial charge in [0.2, 0.25) is 6.10 Å². The van der Waals surface area contributed by atoms with Crippen molar-refractivity contribution in [3.63, 3.8) is 0 Å². The number of rotatable bonds is 4. The number of alkyl halides is 3. The normalized spacial score (nSPS) is 13.0. The van der Waals surface area contributed by atoms with Crippen molar-refractivity contribution in [3.8, 4) is 16.9 Å². The molecule has 0 bridgehead atoms. The summed E-state index contributed by atoms with van der Waals surface area (Å²) in [7, 11) is 0. The third-order valence-corrected chi connectivity index (χ3v) is 2.82. The Bertz CT molecular complexity index is 537. The average molecular weight is 281 g/mol. The lowest BCUT2D eigenvalue weighted by Crippen LogP contribution is -2.40. The number of benzene rings is 2. The van der Waals surface area contributed by atoms with E-state index in [2.05, 4.69) is 0 Å². The van der Waals surface area contributed by atoms with E-state index in [0.717, 1.165) is 11.1 Å². The molecule has 0 aliphatic heterocycles. The van der Waals surface area contributed by atoms with Crippen molar-refractivity contribution in [1.29, 1.82) is 0 Å². The summed E-state index contributed by atoms with van der Waals surface area (Å²) in [6, 6.07) is 16.0. The minimum absolute atomic E-state index is 0.150. The second kappa shape index (κ2) is 5.96. The summed E-state index contributed by atoms with van der Waals surface area (Å²) in [4.78, 5) is 0. The van der Waals surface area contributed by atoms with Gasteiger partial charge in [-0.3, -0.25) is 0 Å². The maximum atomic E-state index is 12.5. The van der Waals surface area contributed by atoms with Crippen LogP contribution < -0.4 is 10.5 Å². The molecule has 0 spiro atoms. The van der Waals surface area contributed by atoms with Crippen LogP contribution in [-0.4, -0.2) is 18.8 Å². The van der Waals surface area contributed by atoms with Gasteiger partial charge in [0.25, 0.3) is 0 Å². The smallest absolute Gasteiger partial charge is 0.426 e. The van der Waals surface area contributed by atoms with Crippen LogP contribution >= 0.6 is 0 Å². The summed E-state index contributed by atoms with van der Waals surface area (Å²) >= 11 is 0. The predicted molar refractivity (Wildman–Crippen MR) is 71.4 cm³/mol. The van der Waals surface area contributed by atoms with E-state index in [0.29, 0.717) is 0 Å². The zero-order valence-corrected chi connectivity index (χ0v) is 10.6. The van der Waals surface area contributed by atoms with E-state index in [1.807, 2.05) is 30.3 Å². The van der Waals surface area contributed by atoms with Gasteiger partial charge in [-0.25, -0.2) is 0 Å². The van der Waals surface area contributed by atoms with Crippen LogP contribution in [0.5, 0.6) is 5.75 Å². The Labute approximate surface area is 115 Å². The minimum atomic E-state index is -4.47. The molecule has 106 valence electrons. The van der Waals surface area contributed by atoms with Crippen LogP contribution in [-0.2, 0) is 0 Å². The fourth-order valence-electron chi connectivity index (χ4n) is 1.77. The Morgan fingerprint density at radius 3 is 1.95 bits per heavy atom. The molecule has 2 nitrogen and oxygen atoms in total. The summed E-state index contributed by atoms with van der Waals surface area (Å²) in [5, 5.41) is 0. The maximum Gasteiger partial charge on any atom is 0.426 e. The highest BCUT2D eigenvalue weighted by Crippen LogP contribution is 2.26. The van der Waals surface area contributed by atoms with Crippen molar-refractivity contribution in [2.24, 2.45) is 5.73 Å². The van der Waals surface area contributed by atoms with Crippen molar-refractivity contribution in [2.45, 2.75) is 12.3 Å². The van der Waals surface area contributed by atoms with Gasteiger partial charge < -0.3 is 10.5 Å². The SMILES string of the molecule is NCC(Oc1ccc(-c2ccccc2)cc1)C(F)(F)F. The molecule has 2 N–H and O–H groups in total. The standard InChI is InChI=1S/C15H14F3NO/c16-15(17,18)14(10-19)20-13-8-6-12(7-9-13)11-4-2-1-3-5-11/h1-9,14H,10,19H2. The van der Waals surface area contributed by atoms with Crippen LogP contribution in [0, 0.1) is 0 Å². The second-order valence-corrected chi connectivity index (χ2v) is 4.27. The fourth-order valence-corrected chi connectivity index (χ4v) is 1.77. The molecule has 0 aromatic heterocycles. The van der Waals surface area contributed by atoms with Crippen LogP contribution in [0.15, 0.2) is 54.6 Å². The minimum Gasteiger partial charge on any atom is -0.480 e. The van der Waals surface area contributed by atoms with Gasteiger partial charge in [0.05, 0.1) is 0 Å². The molecule has 1 atom stereocenters. The van der Waals surface area contributed by atoms with Crippen molar-refractivity contribution in [3.05, 3.63) is 54.6 Å². The van der Waals surface area contributed by atoms with E-state index in [9.17, 15) is 13.2 Å². The number of hydrogen-bond acceptors (Lipinski definition) is 2. The molecular formula is C15H14F3NO. The molecule has 0 amide bonds. The molecule has 20 heavy (non-hydrogen) atoms. The summed E-state index contributed by atoms with van der Waals surface area (Å²) in [5.74, 6) is 0.150. The molecule has 1 unspecified atom stereocenters. The molecule has 2 rings (SSSR count). The highest BCUT2D eigenvalue weighted by molar-refractivity contribution is 5.63. The quantitative estimate of drug-likeness (QED) is 0.929. The van der Waals surface area contributed by atoms with Crippen molar-refractivity contribution >= 4 is 0 Å². The fraction of sp³-hybridized carbons (Fsp3) is 0.200. The lowest BCUT2D eigenvalue weighted by Gasteiger charge is -2.20. The van der Waals surface area contributed by atoms with Crippen molar-refractivity contribution in [2.75, 3.05) is 6.54 Å². The van der Waals surface area contributed by atoms with E-state index in [4.69, 9.17) is 10.5 Å². The Hall–Kier alpha value is -2.01. The molecule has 0 aliphatic carbocycles. The van der Waals surface area contributed by atoms with E-state index >= 15 is 0 Å². The summed E-state index contributed by atoms with van der Waals surface area (Å²) in [6.07, 6.45) is -6.45. The molecule has 2 aromatic rings. The number of halogens is 3. The molecule has 0 fully saturated rings. The lowest BCUT2D eigenvalue weighted by atomic mass is 10.1. The first-order chi connectivity index (χ1) is 9.50. The molecule has 0 saturated heterocycles. The van der Waals surface area contributed by atoms with E-state index in [1.165, 1.54) is 12.1 Å². The molecule has 0 saturated carbocycles. The number of hydrogen-bond donors (Lipinski definition) is 1. The number of ether oxygens (including phenoxy) is 1. The van der Waals surface area contributed by atoms with Gasteiger partial charge >= 0.3 is 6.18 Å². The third kappa shape index (κ3) is 3.51. The van der Waals surface area contributed by atoms with Gasteiger partial charge in [-0.15, -0.1) is 0 Å². The van der Waals surface area contributed by atoms with Crippen LogP contribution in [0.4, 0.5) is 13.2 Å². The lowest BCUT2D eigenvalue weighted by molar-refractivity contribution is -0.191. The highest BCUT2D eigenvalue weighted by atomic mass is 19.4. The highest BCUT2D eigenvalue weighted by Gasteiger charge is 2.40. The maximum absolute atomic E-state index is 12.5. The zero-order chi connectivity index (χ0) is 14.6.